The summed E-state index contributed by atoms with van der Waals surface area (Å²) >= 11 is 0. The predicted octanol–water partition coefficient (Wildman–Crippen LogP) is 12.5. The first-order valence-electron chi connectivity index (χ1n) is 19.7. The zero-order valence-electron chi connectivity index (χ0n) is 34.8. The molecule has 7 nitrogen and oxygen atoms in total. The highest BCUT2D eigenvalue weighted by Gasteiger charge is 2.33. The molecule has 0 N–H and O–H groups in total. The van der Waals surface area contributed by atoms with E-state index in [1.807, 2.05) is 6.33 Å². The van der Waals surface area contributed by atoms with Gasteiger partial charge < -0.3 is 14.5 Å². The molecule has 0 fully saturated rings. The van der Waals surface area contributed by atoms with E-state index in [2.05, 4.69) is 210 Å². The van der Waals surface area contributed by atoms with Gasteiger partial charge in [-0.25, -0.2) is 0 Å². The van der Waals surface area contributed by atoms with Crippen LogP contribution in [0.1, 0.15) is 84.6 Å². The fourth-order valence-corrected chi connectivity index (χ4v) is 7.93. The lowest BCUT2D eigenvalue weighted by molar-refractivity contribution is 0.477. The highest BCUT2D eigenvalue weighted by atomic mass is 16.5. The van der Waals surface area contributed by atoms with Gasteiger partial charge in [-0.05, 0) is 89.4 Å². The second-order valence-electron chi connectivity index (χ2n) is 18.4. The van der Waals surface area contributed by atoms with Crippen LogP contribution in [0.5, 0.6) is 11.5 Å². The quantitative estimate of drug-likeness (QED) is 0.170. The van der Waals surface area contributed by atoms with E-state index in [-0.39, 0.29) is 16.2 Å². The van der Waals surface area contributed by atoms with Crippen LogP contribution in [0.4, 0.5) is 11.4 Å². The van der Waals surface area contributed by atoms with Crippen LogP contribution in [-0.2, 0) is 10.8 Å². The van der Waals surface area contributed by atoms with E-state index in [4.69, 9.17) is 9.84 Å². The Hall–Kier alpha value is -5.82. The summed E-state index contributed by atoms with van der Waals surface area (Å²) in [5, 5.41) is 11.4. The van der Waals surface area contributed by atoms with Crippen LogP contribution in [0.25, 0.3) is 33.4 Å². The summed E-state index contributed by atoms with van der Waals surface area (Å²) in [4.78, 5) is 4.83. The summed E-state index contributed by atoms with van der Waals surface area (Å²) in [6.45, 7) is 25.5. The Bertz CT molecular complexity index is 2620. The smallest absolute Gasteiger partial charge is 0.240 e. The Balaban J connectivity index is 1.22. The summed E-state index contributed by atoms with van der Waals surface area (Å²) in [7, 11) is 0. The number of fused-ring (bicyclic) bond motifs is 3. The van der Waals surface area contributed by atoms with Gasteiger partial charge in [0.15, 0.2) is 0 Å². The largest absolute Gasteiger partial charge is 0.457 e. The minimum Gasteiger partial charge on any atom is -0.457 e. The molecule has 0 unspecified atom stereocenters. The number of nitrogens with zero attached hydrogens (tertiary/aromatic N) is 6. The van der Waals surface area contributed by atoms with Crippen molar-refractivity contribution < 1.29 is 4.74 Å². The molecular formula is C49H54N6O. The maximum Gasteiger partial charge on any atom is 0.240 e. The van der Waals surface area contributed by atoms with Crippen molar-refractivity contribution in [3.63, 3.8) is 0 Å². The van der Waals surface area contributed by atoms with Gasteiger partial charge in [0.25, 0.3) is 0 Å². The average Bonchev–Trinajstić information content (AvgIpc) is 3.87. The molecule has 0 bridgehead atoms. The third-order valence-corrected chi connectivity index (χ3v) is 11.0. The van der Waals surface area contributed by atoms with E-state index in [1.54, 1.807) is 0 Å². The molecule has 286 valence electrons. The number of aromatic nitrogens is 4. The second-order valence-corrected chi connectivity index (χ2v) is 18.4. The molecule has 1 aliphatic rings. The molecule has 5 aromatic carbocycles. The predicted molar refractivity (Wildman–Crippen MR) is 233 cm³/mol. The van der Waals surface area contributed by atoms with Crippen molar-refractivity contribution in [2.45, 2.75) is 87.0 Å². The van der Waals surface area contributed by atoms with Crippen molar-refractivity contribution in [3.8, 4) is 23.1 Å². The third-order valence-electron chi connectivity index (χ3n) is 11.0. The summed E-state index contributed by atoms with van der Waals surface area (Å²) in [5.41, 5.74) is 11.4. The summed E-state index contributed by atoms with van der Waals surface area (Å²) in [6, 6.07) is 36.9. The Morgan fingerprint density at radius 1 is 0.589 bits per heavy atom. The van der Waals surface area contributed by atoms with Crippen LogP contribution in [-0.4, -0.2) is 26.0 Å². The third kappa shape index (κ3) is 6.74. The van der Waals surface area contributed by atoms with Gasteiger partial charge >= 0.3 is 0 Å². The van der Waals surface area contributed by atoms with Crippen molar-refractivity contribution in [3.05, 3.63) is 144 Å². The van der Waals surface area contributed by atoms with Crippen LogP contribution < -0.4 is 14.5 Å². The zero-order valence-corrected chi connectivity index (χ0v) is 34.8. The van der Waals surface area contributed by atoms with E-state index in [0.29, 0.717) is 6.67 Å². The first-order chi connectivity index (χ1) is 26.5. The number of anilines is 2. The minimum absolute atomic E-state index is 0.0638. The Morgan fingerprint density at radius 3 is 1.98 bits per heavy atom. The van der Waals surface area contributed by atoms with Gasteiger partial charge in [0, 0.05) is 51.6 Å². The molecule has 2 aromatic heterocycles. The molecule has 0 amide bonds. The van der Waals surface area contributed by atoms with Crippen molar-refractivity contribution in [2.75, 3.05) is 16.5 Å². The lowest BCUT2D eigenvalue weighted by atomic mass is 9.86. The normalized spacial score (nSPS) is 13.9. The minimum atomic E-state index is -0.103. The van der Waals surface area contributed by atoms with E-state index < -0.39 is 0 Å². The molecule has 1 aliphatic heterocycles. The molecule has 56 heavy (non-hydrogen) atoms. The van der Waals surface area contributed by atoms with Crippen molar-refractivity contribution in [2.24, 2.45) is 5.41 Å². The molecule has 0 saturated heterocycles. The Kier molecular flexibility index (Phi) is 8.91. The SMILES string of the molecule is Cc1cccc(C)c1-n1cnnc1-n1c2ccccc2c2ccc(Oc3cc(N4CN(c5cccc(C(C)(C)C)c5)C=C4C(C)(C)C)cc(C(C)(C)C)c3)cc21. The fourth-order valence-electron chi connectivity index (χ4n) is 7.93. The van der Waals surface area contributed by atoms with Gasteiger partial charge in [-0.1, -0.05) is 111 Å². The number of para-hydroxylation sites is 2. The van der Waals surface area contributed by atoms with Gasteiger partial charge in [0.1, 0.15) is 17.8 Å². The lowest BCUT2D eigenvalue weighted by Crippen LogP contribution is -2.31. The monoisotopic (exact) mass is 742 g/mol. The van der Waals surface area contributed by atoms with Gasteiger partial charge in [0.05, 0.1) is 23.4 Å². The molecule has 0 radical (unpaired) electrons. The van der Waals surface area contributed by atoms with Gasteiger partial charge in [0.2, 0.25) is 5.95 Å². The first-order valence-corrected chi connectivity index (χ1v) is 19.7. The number of hydrogen-bond donors (Lipinski definition) is 0. The zero-order chi connectivity index (χ0) is 39.7. The summed E-state index contributed by atoms with van der Waals surface area (Å²) < 4.78 is 11.2. The Labute approximate surface area is 331 Å². The van der Waals surface area contributed by atoms with Gasteiger partial charge in [-0.2, -0.15) is 0 Å². The molecule has 0 aliphatic carbocycles. The van der Waals surface area contributed by atoms with Crippen LogP contribution in [0.3, 0.4) is 0 Å². The molecule has 7 heteroatoms. The standard InChI is InChI=1S/C49H54N6O/c1-32-16-14-17-33(2)45(32)53-30-50-51-46(53)55-42-21-13-12-20-40(42)41-23-22-38(28-43(41)55)56-39-26-35(48(6,7)8)25-37(27-39)54-31-52(29-44(54)49(9,10)11)36-19-15-18-34(24-36)47(3,4)5/h12-30H,31H2,1-11H3. The van der Waals surface area contributed by atoms with Crippen molar-refractivity contribution in [1.82, 2.24) is 19.3 Å². The number of allylic oxidation sites excluding steroid dienone is 1. The average molecular weight is 743 g/mol. The number of hydrogen-bond acceptors (Lipinski definition) is 5. The van der Waals surface area contributed by atoms with Crippen molar-refractivity contribution in [1.29, 1.82) is 0 Å². The number of ether oxygens (including phenoxy) is 1. The van der Waals surface area contributed by atoms with Crippen LogP contribution >= 0.6 is 0 Å². The van der Waals surface area contributed by atoms with E-state index in [9.17, 15) is 0 Å². The molecule has 8 rings (SSSR count). The van der Waals surface area contributed by atoms with E-state index in [1.165, 1.54) is 22.5 Å². The summed E-state index contributed by atoms with van der Waals surface area (Å²) in [5.74, 6) is 2.29. The highest BCUT2D eigenvalue weighted by molar-refractivity contribution is 6.09. The van der Waals surface area contributed by atoms with Crippen LogP contribution in [0.2, 0.25) is 0 Å². The van der Waals surface area contributed by atoms with Gasteiger partial charge in [-0.3, -0.25) is 9.13 Å². The topological polar surface area (TPSA) is 51.4 Å². The second kappa shape index (κ2) is 13.4. The lowest BCUT2D eigenvalue weighted by Gasteiger charge is -2.32. The number of rotatable bonds is 6. The first kappa shape index (κ1) is 37.1. The fraction of sp³-hybridized carbons (Fsp3) is 0.306. The van der Waals surface area contributed by atoms with Crippen LogP contribution in [0, 0.1) is 19.3 Å². The van der Waals surface area contributed by atoms with Gasteiger partial charge in [-0.15, -0.1) is 10.2 Å². The summed E-state index contributed by atoms with van der Waals surface area (Å²) in [6.07, 6.45) is 4.14. The molecular weight excluding hydrogens is 689 g/mol. The molecule has 0 spiro atoms. The van der Waals surface area contributed by atoms with E-state index >= 15 is 0 Å². The van der Waals surface area contributed by atoms with Crippen molar-refractivity contribution >= 4 is 33.2 Å². The molecule has 7 aromatic rings. The molecule has 0 atom stereocenters. The maximum absolute atomic E-state index is 6.91. The number of benzene rings is 5. The van der Waals surface area contributed by atoms with E-state index in [0.717, 1.165) is 61.8 Å². The Morgan fingerprint density at radius 2 is 1.27 bits per heavy atom. The highest BCUT2D eigenvalue weighted by Crippen LogP contribution is 2.43. The number of aryl methyl sites for hydroxylation is 2. The molecule has 0 saturated carbocycles. The molecule has 3 heterocycles. The van der Waals surface area contributed by atoms with Crippen LogP contribution in [0.15, 0.2) is 121 Å². The maximum atomic E-state index is 6.91.